The van der Waals surface area contributed by atoms with Crippen LogP contribution in [-0.2, 0) is 24.2 Å². The molecule has 5 aliphatic rings. The molecule has 0 saturated heterocycles. The van der Waals surface area contributed by atoms with Crippen LogP contribution >= 0.6 is 0 Å². The number of fused-ring (bicyclic) bond motifs is 3. The summed E-state index contributed by atoms with van der Waals surface area (Å²) in [4.78, 5) is 0. The fraction of sp³-hybridized carbons (Fsp3) is 0.438. The van der Waals surface area contributed by atoms with Gasteiger partial charge in [-0.15, -0.1) is 39.7 Å². The second-order valence-corrected chi connectivity index (χ2v) is 11.2. The molecule has 5 aliphatic carbocycles. The number of rotatable bonds is 2. The molecule has 3 heteroatoms. The van der Waals surface area contributed by atoms with Crippen LogP contribution in [0.2, 0.25) is 0 Å². The van der Waals surface area contributed by atoms with Gasteiger partial charge in [0.1, 0.15) is 0 Å². The SMILES string of the molecule is CC1=[C-]C(C)C=C1CC12CC3CC(CC(C3)C1)C2.[CH2]=[Zr+2].[Cl-].[Cl-].c1ccc2c(c1)[cH-]c1ccccc12. The van der Waals surface area contributed by atoms with Gasteiger partial charge in [-0.25, -0.2) is 5.57 Å². The topological polar surface area (TPSA) is 0 Å². The van der Waals surface area contributed by atoms with Gasteiger partial charge >= 0.3 is 28.4 Å². The summed E-state index contributed by atoms with van der Waals surface area (Å²) in [5, 5.41) is 5.39. The Morgan fingerprint density at radius 2 is 1.31 bits per heavy atom. The van der Waals surface area contributed by atoms with Gasteiger partial charge in [-0.05, 0) is 61.7 Å². The molecule has 4 fully saturated rings. The van der Waals surface area contributed by atoms with Gasteiger partial charge in [0.15, 0.2) is 0 Å². The quantitative estimate of drug-likeness (QED) is 0.408. The second kappa shape index (κ2) is 12.1. The Morgan fingerprint density at radius 3 is 1.74 bits per heavy atom. The van der Waals surface area contributed by atoms with Crippen molar-refractivity contribution in [3.05, 3.63) is 77.9 Å². The van der Waals surface area contributed by atoms with Crippen LogP contribution in [0.5, 0.6) is 0 Å². The average Bonchev–Trinajstić information content (AvgIpc) is 3.33. The minimum atomic E-state index is 0. The Hall–Kier alpha value is -0.877. The van der Waals surface area contributed by atoms with Crippen LogP contribution in [0, 0.1) is 35.2 Å². The first-order valence-corrected chi connectivity index (χ1v) is 14.5. The normalized spacial score (nSPS) is 29.7. The Bertz CT molecular complexity index is 1110. The molecule has 35 heavy (non-hydrogen) atoms. The molecule has 3 aromatic rings. The van der Waals surface area contributed by atoms with Gasteiger partial charge < -0.3 is 24.8 Å². The molecule has 0 aromatic heterocycles. The summed E-state index contributed by atoms with van der Waals surface area (Å²) in [6.07, 6.45) is 16.7. The zero-order valence-corrected chi connectivity index (χ0v) is 25.0. The molecule has 1 atom stereocenters. The molecular formula is C32H36Cl2Zr-2. The summed E-state index contributed by atoms with van der Waals surface area (Å²) in [6, 6.07) is 19.3. The first-order valence-electron chi connectivity index (χ1n) is 12.8. The third-order valence-electron chi connectivity index (χ3n) is 8.63. The first kappa shape index (κ1) is 28.7. The van der Waals surface area contributed by atoms with Crippen molar-refractivity contribution in [3.63, 3.8) is 0 Å². The van der Waals surface area contributed by atoms with Crippen molar-refractivity contribution < 1.29 is 49.0 Å². The zero-order valence-electron chi connectivity index (χ0n) is 21.0. The molecule has 4 bridgehead atoms. The van der Waals surface area contributed by atoms with Crippen molar-refractivity contribution in [2.24, 2.45) is 29.1 Å². The number of allylic oxidation sites excluding steroid dienone is 4. The number of hydrogen-bond donors (Lipinski definition) is 0. The summed E-state index contributed by atoms with van der Waals surface area (Å²) in [7, 11) is 0. The van der Waals surface area contributed by atoms with E-state index in [1.54, 1.807) is 44.1 Å². The molecule has 4 saturated carbocycles. The molecule has 184 valence electrons. The van der Waals surface area contributed by atoms with Gasteiger partial charge in [0.25, 0.3) is 0 Å². The van der Waals surface area contributed by atoms with E-state index in [0.29, 0.717) is 11.3 Å². The summed E-state index contributed by atoms with van der Waals surface area (Å²) < 4.78 is 3.34. The van der Waals surface area contributed by atoms with Crippen LogP contribution in [0.1, 0.15) is 58.8 Å². The minimum Gasteiger partial charge on any atom is -1.00 e. The third kappa shape index (κ3) is 6.00. The molecule has 0 nitrogen and oxygen atoms in total. The van der Waals surface area contributed by atoms with Crippen molar-refractivity contribution in [2.75, 3.05) is 0 Å². The Kier molecular flexibility index (Phi) is 9.93. The predicted molar refractivity (Wildman–Crippen MR) is 139 cm³/mol. The molecule has 8 rings (SSSR count). The van der Waals surface area contributed by atoms with E-state index in [1.807, 2.05) is 0 Å². The van der Waals surface area contributed by atoms with Crippen LogP contribution in [-0.4, -0.2) is 4.21 Å². The van der Waals surface area contributed by atoms with Crippen LogP contribution in [0.25, 0.3) is 21.5 Å². The fourth-order valence-corrected chi connectivity index (χ4v) is 7.91. The maximum absolute atomic E-state index is 3.57. The molecule has 3 aromatic carbocycles. The third-order valence-corrected chi connectivity index (χ3v) is 8.63. The van der Waals surface area contributed by atoms with E-state index >= 15 is 0 Å². The number of benzene rings is 2. The summed E-state index contributed by atoms with van der Waals surface area (Å²) >= 11 is 1.30. The first-order chi connectivity index (χ1) is 16.1. The Balaban J connectivity index is 0.000000180. The molecule has 1 unspecified atom stereocenters. The summed E-state index contributed by atoms with van der Waals surface area (Å²) in [6.45, 7) is 4.55. The monoisotopic (exact) mass is 580 g/mol. The van der Waals surface area contributed by atoms with Gasteiger partial charge in [0.05, 0.1) is 0 Å². The predicted octanol–water partition coefficient (Wildman–Crippen LogP) is 2.60. The zero-order chi connectivity index (χ0) is 23.0. The maximum atomic E-state index is 3.57. The van der Waals surface area contributed by atoms with E-state index in [1.165, 1.54) is 57.8 Å². The van der Waals surface area contributed by atoms with Gasteiger partial charge in [0, 0.05) is 0 Å². The van der Waals surface area contributed by atoms with Crippen LogP contribution in [0.4, 0.5) is 0 Å². The van der Waals surface area contributed by atoms with Gasteiger partial charge in [0.2, 0.25) is 0 Å². The van der Waals surface area contributed by atoms with E-state index in [2.05, 4.69) is 84.8 Å². The molecule has 0 aliphatic heterocycles. The van der Waals surface area contributed by atoms with Crippen molar-refractivity contribution in [3.8, 4) is 0 Å². The minimum absolute atomic E-state index is 0. The molecule has 0 heterocycles. The van der Waals surface area contributed by atoms with Crippen molar-refractivity contribution in [1.29, 1.82) is 0 Å². The molecule has 0 amide bonds. The van der Waals surface area contributed by atoms with E-state index in [9.17, 15) is 0 Å². The van der Waals surface area contributed by atoms with Gasteiger partial charge in [-0.3, -0.25) is 6.08 Å². The van der Waals surface area contributed by atoms with Gasteiger partial charge in [-0.2, -0.15) is 11.6 Å². The van der Waals surface area contributed by atoms with Crippen LogP contribution < -0.4 is 24.8 Å². The molecule has 0 radical (unpaired) electrons. The van der Waals surface area contributed by atoms with Crippen LogP contribution in [0.15, 0.2) is 71.8 Å². The van der Waals surface area contributed by atoms with E-state index in [0.717, 1.165) is 17.8 Å². The van der Waals surface area contributed by atoms with Crippen molar-refractivity contribution >= 4 is 25.8 Å². The Morgan fingerprint density at radius 1 is 0.857 bits per heavy atom. The van der Waals surface area contributed by atoms with Crippen molar-refractivity contribution in [2.45, 2.75) is 58.8 Å². The second-order valence-electron chi connectivity index (χ2n) is 11.2. The van der Waals surface area contributed by atoms with Crippen LogP contribution in [0.3, 0.4) is 0 Å². The molecule has 0 N–H and O–H groups in total. The largest absolute Gasteiger partial charge is 1.00 e. The average molecular weight is 583 g/mol. The fourth-order valence-electron chi connectivity index (χ4n) is 7.91. The number of hydrogen-bond acceptors (Lipinski definition) is 0. The summed E-state index contributed by atoms with van der Waals surface area (Å²) in [5.41, 5.74) is 3.80. The van der Waals surface area contributed by atoms with Crippen molar-refractivity contribution in [1.82, 2.24) is 0 Å². The smallest absolute Gasteiger partial charge is 0.0771 e. The Labute approximate surface area is 239 Å². The number of halogens is 2. The van der Waals surface area contributed by atoms with E-state index in [4.69, 9.17) is 0 Å². The molecule has 0 spiro atoms. The summed E-state index contributed by atoms with van der Waals surface area (Å²) in [5.74, 6) is 3.82. The van der Waals surface area contributed by atoms with E-state index in [-0.39, 0.29) is 24.8 Å². The van der Waals surface area contributed by atoms with Gasteiger partial charge in [-0.1, -0.05) is 62.6 Å². The van der Waals surface area contributed by atoms with E-state index < -0.39 is 0 Å². The maximum Gasteiger partial charge on any atom is -0.0771 e. The standard InChI is InChI=1S/C18H25.C13H9.CH2.2ClH.Zr/c1-12-3-13(2)17(4-12)11-18-8-14-5-15(9-18)7-16(6-14)10-18;1-3-7-12-10(5-1)9-11-6-2-4-8-13(11)12;;;;/h4,12,14-16H,5-11H2,1-2H3;1-9H;1H2;2*1H;/q2*-1;;;;+2/p-2. The molecular weight excluding hydrogens is 546 g/mol.